The van der Waals surface area contributed by atoms with E-state index >= 15 is 0 Å². The summed E-state index contributed by atoms with van der Waals surface area (Å²) >= 11 is 0. The van der Waals surface area contributed by atoms with Crippen LogP contribution < -0.4 is 5.32 Å². The largest absolute Gasteiger partial charge is 0.325 e. The minimum absolute atomic E-state index is 0.0531. The number of hydrogen-bond acceptors (Lipinski definition) is 2. The molecule has 0 aliphatic carbocycles. The fourth-order valence-electron chi connectivity index (χ4n) is 4.00. The van der Waals surface area contributed by atoms with E-state index in [4.69, 9.17) is 0 Å². The molecule has 1 aliphatic rings. The fourth-order valence-corrected chi connectivity index (χ4v) is 4.00. The SMILES string of the molecule is O=C(Nc1ccccc1-c1ccccc1)C1CCCN(Cc2cccc(F)c2)C1. The van der Waals surface area contributed by atoms with Gasteiger partial charge in [0.05, 0.1) is 5.92 Å². The number of anilines is 1. The maximum Gasteiger partial charge on any atom is 0.228 e. The van der Waals surface area contributed by atoms with Crippen molar-refractivity contribution in [2.45, 2.75) is 19.4 Å². The molecule has 148 valence electrons. The van der Waals surface area contributed by atoms with E-state index in [1.165, 1.54) is 6.07 Å². The van der Waals surface area contributed by atoms with E-state index in [1.807, 2.05) is 60.7 Å². The second kappa shape index (κ2) is 9.01. The number of hydrogen-bond donors (Lipinski definition) is 1. The fraction of sp³-hybridized carbons (Fsp3) is 0.240. The molecule has 1 aliphatic heterocycles. The Hall–Kier alpha value is -2.98. The molecular formula is C25H25FN2O. The molecule has 0 saturated carbocycles. The molecule has 3 aromatic rings. The smallest absolute Gasteiger partial charge is 0.228 e. The first-order valence-corrected chi connectivity index (χ1v) is 10.1. The molecule has 1 fully saturated rings. The highest BCUT2D eigenvalue weighted by atomic mass is 19.1. The Labute approximate surface area is 171 Å². The summed E-state index contributed by atoms with van der Waals surface area (Å²) in [6.45, 7) is 2.29. The van der Waals surface area contributed by atoms with Gasteiger partial charge in [-0.1, -0.05) is 60.7 Å². The van der Waals surface area contributed by atoms with Crippen LogP contribution in [0, 0.1) is 11.7 Å². The van der Waals surface area contributed by atoms with Crippen molar-refractivity contribution in [2.75, 3.05) is 18.4 Å². The van der Waals surface area contributed by atoms with Crippen LogP contribution in [0.1, 0.15) is 18.4 Å². The monoisotopic (exact) mass is 388 g/mol. The minimum atomic E-state index is -0.216. The van der Waals surface area contributed by atoms with E-state index < -0.39 is 0 Å². The number of benzene rings is 3. The van der Waals surface area contributed by atoms with Gasteiger partial charge in [-0.25, -0.2) is 4.39 Å². The molecule has 4 heteroatoms. The van der Waals surface area contributed by atoms with Crippen molar-refractivity contribution in [2.24, 2.45) is 5.92 Å². The maximum absolute atomic E-state index is 13.5. The van der Waals surface area contributed by atoms with Crippen molar-refractivity contribution in [3.63, 3.8) is 0 Å². The summed E-state index contributed by atoms with van der Waals surface area (Å²) in [4.78, 5) is 15.2. The minimum Gasteiger partial charge on any atom is -0.325 e. The number of amides is 1. The third-order valence-electron chi connectivity index (χ3n) is 5.44. The molecule has 1 amide bonds. The quantitative estimate of drug-likeness (QED) is 0.640. The molecular weight excluding hydrogens is 363 g/mol. The van der Waals surface area contributed by atoms with Gasteiger partial charge in [0.2, 0.25) is 5.91 Å². The summed E-state index contributed by atoms with van der Waals surface area (Å²) in [6, 6.07) is 24.7. The molecule has 0 radical (unpaired) electrons. The number of para-hydroxylation sites is 1. The van der Waals surface area contributed by atoms with E-state index in [-0.39, 0.29) is 17.6 Å². The van der Waals surface area contributed by atoms with Crippen molar-refractivity contribution in [3.8, 4) is 11.1 Å². The Kier molecular flexibility index (Phi) is 6.01. The average Bonchev–Trinajstić information content (AvgIpc) is 2.75. The molecule has 1 unspecified atom stereocenters. The Morgan fingerprint density at radius 1 is 1.00 bits per heavy atom. The van der Waals surface area contributed by atoms with Crippen molar-refractivity contribution < 1.29 is 9.18 Å². The number of piperidine rings is 1. The molecule has 1 heterocycles. The van der Waals surface area contributed by atoms with Crippen LogP contribution >= 0.6 is 0 Å². The Morgan fingerprint density at radius 2 is 1.79 bits per heavy atom. The van der Waals surface area contributed by atoms with Crippen LogP contribution in [0.2, 0.25) is 0 Å². The van der Waals surface area contributed by atoms with Crippen molar-refractivity contribution in [3.05, 3.63) is 90.2 Å². The maximum atomic E-state index is 13.5. The van der Waals surface area contributed by atoms with Gasteiger partial charge in [-0.15, -0.1) is 0 Å². The van der Waals surface area contributed by atoms with Crippen LogP contribution in [0.15, 0.2) is 78.9 Å². The number of halogens is 1. The number of nitrogens with zero attached hydrogens (tertiary/aromatic N) is 1. The first kappa shape index (κ1) is 19.3. The third-order valence-corrected chi connectivity index (χ3v) is 5.44. The number of carbonyl (C=O) groups is 1. The lowest BCUT2D eigenvalue weighted by atomic mass is 9.96. The third kappa shape index (κ3) is 4.90. The van der Waals surface area contributed by atoms with Crippen LogP contribution in [0.3, 0.4) is 0 Å². The highest BCUT2D eigenvalue weighted by molar-refractivity contribution is 5.96. The van der Waals surface area contributed by atoms with E-state index in [9.17, 15) is 9.18 Å². The predicted octanol–water partition coefficient (Wildman–Crippen LogP) is 5.34. The highest BCUT2D eigenvalue weighted by Crippen LogP contribution is 2.29. The Morgan fingerprint density at radius 3 is 2.62 bits per heavy atom. The topological polar surface area (TPSA) is 32.3 Å². The van der Waals surface area contributed by atoms with E-state index in [0.29, 0.717) is 13.1 Å². The van der Waals surface area contributed by atoms with Gasteiger partial charge in [0.1, 0.15) is 5.82 Å². The van der Waals surface area contributed by atoms with Crippen LogP contribution in [0.5, 0.6) is 0 Å². The molecule has 1 saturated heterocycles. The summed E-state index contributed by atoms with van der Waals surface area (Å²) in [6.07, 6.45) is 1.84. The van der Waals surface area contributed by atoms with Crippen LogP contribution in [0.25, 0.3) is 11.1 Å². The first-order chi connectivity index (χ1) is 14.2. The number of likely N-dealkylation sites (tertiary alicyclic amines) is 1. The lowest BCUT2D eigenvalue weighted by Crippen LogP contribution is -2.40. The Bertz CT molecular complexity index is 973. The number of nitrogens with one attached hydrogen (secondary N) is 1. The number of carbonyl (C=O) groups excluding carboxylic acids is 1. The molecule has 0 spiro atoms. The van der Waals surface area contributed by atoms with Gasteiger partial charge < -0.3 is 5.32 Å². The van der Waals surface area contributed by atoms with Crippen LogP contribution in [-0.2, 0) is 11.3 Å². The van der Waals surface area contributed by atoms with E-state index in [1.54, 1.807) is 12.1 Å². The standard InChI is InChI=1S/C25H25FN2O/c26-22-12-6-8-19(16-22)17-28-15-7-11-21(18-28)25(29)27-24-14-5-4-13-23(24)20-9-2-1-3-10-20/h1-6,8-10,12-14,16,21H,7,11,15,17-18H2,(H,27,29). The zero-order valence-electron chi connectivity index (χ0n) is 16.4. The van der Waals surface area contributed by atoms with Gasteiger partial charge in [0.25, 0.3) is 0 Å². The Balaban J connectivity index is 1.44. The molecule has 0 aromatic heterocycles. The van der Waals surface area contributed by atoms with Gasteiger partial charge in [0.15, 0.2) is 0 Å². The molecule has 1 N–H and O–H groups in total. The second-order valence-corrected chi connectivity index (χ2v) is 7.61. The van der Waals surface area contributed by atoms with E-state index in [0.717, 1.165) is 41.8 Å². The molecule has 3 aromatic carbocycles. The summed E-state index contributed by atoms with van der Waals surface area (Å²) in [5.41, 5.74) is 3.89. The van der Waals surface area contributed by atoms with Gasteiger partial charge >= 0.3 is 0 Å². The molecule has 1 atom stereocenters. The summed E-state index contributed by atoms with van der Waals surface area (Å²) in [5, 5.41) is 3.15. The molecule has 3 nitrogen and oxygen atoms in total. The summed E-state index contributed by atoms with van der Waals surface area (Å²) < 4.78 is 13.5. The second-order valence-electron chi connectivity index (χ2n) is 7.61. The zero-order chi connectivity index (χ0) is 20.1. The zero-order valence-corrected chi connectivity index (χ0v) is 16.4. The van der Waals surface area contributed by atoms with Crippen LogP contribution in [0.4, 0.5) is 10.1 Å². The number of rotatable bonds is 5. The summed E-state index contributed by atoms with van der Waals surface area (Å²) in [7, 11) is 0. The lowest BCUT2D eigenvalue weighted by Gasteiger charge is -2.32. The van der Waals surface area contributed by atoms with Crippen molar-refractivity contribution >= 4 is 11.6 Å². The molecule has 0 bridgehead atoms. The molecule has 4 rings (SSSR count). The van der Waals surface area contributed by atoms with Crippen LogP contribution in [-0.4, -0.2) is 23.9 Å². The first-order valence-electron chi connectivity index (χ1n) is 10.1. The average molecular weight is 388 g/mol. The van der Waals surface area contributed by atoms with Gasteiger partial charge in [-0.2, -0.15) is 0 Å². The van der Waals surface area contributed by atoms with Gasteiger partial charge in [0, 0.05) is 24.3 Å². The predicted molar refractivity (Wildman–Crippen MR) is 115 cm³/mol. The van der Waals surface area contributed by atoms with Crippen molar-refractivity contribution in [1.29, 1.82) is 0 Å². The van der Waals surface area contributed by atoms with E-state index in [2.05, 4.69) is 10.2 Å². The highest BCUT2D eigenvalue weighted by Gasteiger charge is 2.26. The van der Waals surface area contributed by atoms with Gasteiger partial charge in [-0.3, -0.25) is 9.69 Å². The lowest BCUT2D eigenvalue weighted by molar-refractivity contribution is -0.121. The normalized spacial score (nSPS) is 17.1. The molecule has 29 heavy (non-hydrogen) atoms. The van der Waals surface area contributed by atoms with Gasteiger partial charge in [-0.05, 0) is 48.7 Å². The van der Waals surface area contributed by atoms with Crippen molar-refractivity contribution in [1.82, 2.24) is 4.90 Å². The summed E-state index contributed by atoms with van der Waals surface area (Å²) in [5.74, 6) is -0.232.